The highest BCUT2D eigenvalue weighted by molar-refractivity contribution is 7.89. The van der Waals surface area contributed by atoms with Gasteiger partial charge in [0.1, 0.15) is 5.75 Å². The van der Waals surface area contributed by atoms with Crippen LogP contribution in [0.1, 0.15) is 18.4 Å². The molecule has 0 unspecified atom stereocenters. The van der Waals surface area contributed by atoms with Crippen LogP contribution in [0.25, 0.3) is 0 Å². The van der Waals surface area contributed by atoms with E-state index in [4.69, 9.17) is 0 Å². The number of alkyl halides is 3. The van der Waals surface area contributed by atoms with Crippen molar-refractivity contribution in [1.29, 1.82) is 0 Å². The summed E-state index contributed by atoms with van der Waals surface area (Å²) in [5.41, 5.74) is 0.856. The Labute approximate surface area is 143 Å². The molecule has 1 saturated carbocycles. The smallest absolute Gasteiger partial charge is 0.406 e. The lowest BCUT2D eigenvalue weighted by molar-refractivity contribution is -0.274. The molecule has 3 rings (SSSR count). The fourth-order valence-electron chi connectivity index (χ4n) is 2.48. The molecule has 0 aliphatic heterocycles. The highest BCUT2D eigenvalue weighted by Gasteiger charge is 2.38. The number of halogens is 3. The van der Waals surface area contributed by atoms with Gasteiger partial charge in [-0.1, -0.05) is 30.3 Å². The maximum atomic E-state index is 12.9. The number of sulfonamides is 1. The zero-order valence-electron chi connectivity index (χ0n) is 13.1. The van der Waals surface area contributed by atoms with Crippen molar-refractivity contribution in [2.24, 2.45) is 0 Å². The predicted molar refractivity (Wildman–Crippen MR) is 85.3 cm³/mol. The first kappa shape index (κ1) is 17.8. The second kappa shape index (κ2) is 6.68. The molecule has 0 amide bonds. The molecule has 1 aliphatic carbocycles. The summed E-state index contributed by atoms with van der Waals surface area (Å²) in [4.78, 5) is -0.0511. The molecule has 25 heavy (non-hydrogen) atoms. The Balaban J connectivity index is 1.83. The lowest BCUT2D eigenvalue weighted by Crippen LogP contribution is -2.32. The molecule has 1 fully saturated rings. The van der Waals surface area contributed by atoms with Gasteiger partial charge in [0.05, 0.1) is 4.90 Å². The van der Waals surface area contributed by atoms with Crippen LogP contribution in [0, 0.1) is 0 Å². The normalized spacial score (nSPS) is 15.4. The summed E-state index contributed by atoms with van der Waals surface area (Å²) in [6, 6.07) is 13.4. The second-order valence-electron chi connectivity index (χ2n) is 5.79. The number of hydrogen-bond acceptors (Lipinski definition) is 3. The molecule has 0 spiro atoms. The van der Waals surface area contributed by atoms with Crippen LogP contribution in [0.4, 0.5) is 13.2 Å². The van der Waals surface area contributed by atoms with E-state index in [1.54, 1.807) is 0 Å². The Bertz CT molecular complexity index is 816. The van der Waals surface area contributed by atoms with Crippen LogP contribution in [0.2, 0.25) is 0 Å². The summed E-state index contributed by atoms with van der Waals surface area (Å²) in [5.74, 6) is -0.451. The van der Waals surface area contributed by atoms with Gasteiger partial charge in [-0.15, -0.1) is 13.2 Å². The Hall–Kier alpha value is -2.06. The third-order valence-corrected chi connectivity index (χ3v) is 5.71. The van der Waals surface area contributed by atoms with Crippen molar-refractivity contribution in [2.45, 2.75) is 36.7 Å². The average molecular weight is 371 g/mol. The Morgan fingerprint density at radius 2 is 1.60 bits per heavy atom. The second-order valence-corrected chi connectivity index (χ2v) is 7.68. The summed E-state index contributed by atoms with van der Waals surface area (Å²) in [5, 5.41) is 0. The number of benzene rings is 2. The summed E-state index contributed by atoms with van der Waals surface area (Å²) in [6.07, 6.45) is -3.25. The largest absolute Gasteiger partial charge is 0.573 e. The van der Waals surface area contributed by atoms with Crippen molar-refractivity contribution in [3.8, 4) is 5.75 Å². The Kier molecular flexibility index (Phi) is 4.75. The molecule has 0 N–H and O–H groups in total. The van der Waals surface area contributed by atoms with E-state index in [0.29, 0.717) is 0 Å². The van der Waals surface area contributed by atoms with Gasteiger partial charge in [-0.2, -0.15) is 4.31 Å². The van der Waals surface area contributed by atoms with E-state index in [0.717, 1.165) is 42.7 Å². The average Bonchev–Trinajstić information content (AvgIpc) is 3.37. The van der Waals surface area contributed by atoms with Gasteiger partial charge < -0.3 is 4.74 Å². The fraction of sp³-hybridized carbons (Fsp3) is 0.294. The molecule has 4 nitrogen and oxygen atoms in total. The quantitative estimate of drug-likeness (QED) is 0.773. The van der Waals surface area contributed by atoms with Crippen molar-refractivity contribution < 1.29 is 26.3 Å². The van der Waals surface area contributed by atoms with E-state index in [2.05, 4.69) is 4.74 Å². The van der Waals surface area contributed by atoms with Crippen molar-refractivity contribution in [2.75, 3.05) is 0 Å². The summed E-state index contributed by atoms with van der Waals surface area (Å²) < 4.78 is 67.6. The van der Waals surface area contributed by atoms with Gasteiger partial charge in [0.2, 0.25) is 10.0 Å². The first-order chi connectivity index (χ1) is 11.8. The van der Waals surface area contributed by atoms with Crippen LogP contribution < -0.4 is 4.74 Å². The SMILES string of the molecule is O=S(=O)(c1ccc(OC(F)(F)F)cc1)N(Cc1ccccc1)C1CC1. The lowest BCUT2D eigenvalue weighted by Gasteiger charge is -2.22. The number of ether oxygens (including phenoxy) is 1. The third-order valence-electron chi connectivity index (χ3n) is 3.80. The molecule has 1 aliphatic rings. The standard InChI is InChI=1S/C17H16F3NO3S/c18-17(19,20)24-15-8-10-16(11-9-15)25(22,23)21(14-6-7-14)12-13-4-2-1-3-5-13/h1-5,8-11,14H,6-7,12H2. The molecule has 0 bridgehead atoms. The van der Waals surface area contributed by atoms with Crippen LogP contribution >= 0.6 is 0 Å². The molecular weight excluding hydrogens is 355 g/mol. The van der Waals surface area contributed by atoms with Crippen LogP contribution in [0.15, 0.2) is 59.5 Å². The number of rotatable bonds is 6. The minimum atomic E-state index is -4.81. The predicted octanol–water partition coefficient (Wildman–Crippen LogP) is 3.94. The maximum absolute atomic E-state index is 12.9. The number of hydrogen-bond donors (Lipinski definition) is 0. The Morgan fingerprint density at radius 3 is 2.12 bits per heavy atom. The highest BCUT2D eigenvalue weighted by Crippen LogP contribution is 2.34. The minimum absolute atomic E-state index is 0.0511. The zero-order valence-corrected chi connectivity index (χ0v) is 13.9. The van der Waals surface area contributed by atoms with Gasteiger partial charge in [0.15, 0.2) is 0 Å². The molecule has 134 valence electrons. The van der Waals surface area contributed by atoms with Gasteiger partial charge in [-0.25, -0.2) is 8.42 Å². The molecule has 2 aromatic carbocycles. The minimum Gasteiger partial charge on any atom is -0.406 e. The van der Waals surface area contributed by atoms with Crippen LogP contribution in [0.3, 0.4) is 0 Å². The van der Waals surface area contributed by atoms with E-state index in [1.165, 1.54) is 4.31 Å². The fourth-order valence-corrected chi connectivity index (χ4v) is 4.16. The molecule has 2 aromatic rings. The third kappa shape index (κ3) is 4.52. The van der Waals surface area contributed by atoms with E-state index in [1.807, 2.05) is 30.3 Å². The molecule has 0 aromatic heterocycles. The van der Waals surface area contributed by atoms with Gasteiger partial charge in [-0.05, 0) is 42.7 Å². The summed E-state index contributed by atoms with van der Waals surface area (Å²) in [6.45, 7) is 0.231. The van der Waals surface area contributed by atoms with Gasteiger partial charge in [0, 0.05) is 12.6 Å². The van der Waals surface area contributed by atoms with Crippen molar-refractivity contribution in [3.05, 3.63) is 60.2 Å². The van der Waals surface area contributed by atoms with Crippen molar-refractivity contribution in [3.63, 3.8) is 0 Å². The molecule has 0 radical (unpaired) electrons. The summed E-state index contributed by atoms with van der Waals surface area (Å²) >= 11 is 0. The van der Waals surface area contributed by atoms with Crippen LogP contribution in [0.5, 0.6) is 5.75 Å². The van der Waals surface area contributed by atoms with Gasteiger partial charge in [0.25, 0.3) is 0 Å². The maximum Gasteiger partial charge on any atom is 0.573 e. The summed E-state index contributed by atoms with van der Waals surface area (Å²) in [7, 11) is -3.80. The molecule has 0 saturated heterocycles. The molecule has 0 heterocycles. The Morgan fingerprint density at radius 1 is 1.00 bits per heavy atom. The molecule has 8 heteroatoms. The van der Waals surface area contributed by atoms with Crippen molar-refractivity contribution >= 4 is 10.0 Å². The topological polar surface area (TPSA) is 46.6 Å². The van der Waals surface area contributed by atoms with Crippen LogP contribution in [-0.2, 0) is 16.6 Å². The van der Waals surface area contributed by atoms with Crippen molar-refractivity contribution in [1.82, 2.24) is 4.31 Å². The monoisotopic (exact) mass is 371 g/mol. The van der Waals surface area contributed by atoms with E-state index < -0.39 is 22.1 Å². The highest BCUT2D eigenvalue weighted by atomic mass is 32.2. The van der Waals surface area contributed by atoms with E-state index in [-0.39, 0.29) is 17.5 Å². The molecule has 0 atom stereocenters. The zero-order chi connectivity index (χ0) is 18.1. The number of nitrogens with zero attached hydrogens (tertiary/aromatic N) is 1. The first-order valence-corrected chi connectivity index (χ1v) is 9.11. The lowest BCUT2D eigenvalue weighted by atomic mass is 10.2. The van der Waals surface area contributed by atoms with E-state index in [9.17, 15) is 21.6 Å². The first-order valence-electron chi connectivity index (χ1n) is 7.67. The van der Waals surface area contributed by atoms with E-state index >= 15 is 0 Å². The van der Waals surface area contributed by atoms with Gasteiger partial charge >= 0.3 is 6.36 Å². The van der Waals surface area contributed by atoms with Crippen LogP contribution in [-0.4, -0.2) is 25.1 Å². The molecular formula is C17H16F3NO3S. The van der Waals surface area contributed by atoms with Gasteiger partial charge in [-0.3, -0.25) is 0 Å².